The Morgan fingerprint density at radius 2 is 1.91 bits per heavy atom. The van der Waals surface area contributed by atoms with Crippen LogP contribution in [0.2, 0.25) is 0 Å². The van der Waals surface area contributed by atoms with Crippen molar-refractivity contribution in [1.82, 2.24) is 19.5 Å². The van der Waals surface area contributed by atoms with E-state index in [9.17, 15) is 38.3 Å². The minimum Gasteiger partial charge on any atom is -0.756 e. The summed E-state index contributed by atoms with van der Waals surface area (Å²) in [6.07, 6.45) is -2.47. The Hall–Kier alpha value is -0.325. The van der Waals surface area contributed by atoms with Crippen molar-refractivity contribution >= 4 is 40.6 Å². The fourth-order valence-electron chi connectivity index (χ4n) is 2.65. The van der Waals surface area contributed by atoms with Gasteiger partial charge in [0.1, 0.15) is 12.3 Å². The number of hydrogen-bond donors (Lipinski definition) is 5. The van der Waals surface area contributed by atoms with Crippen LogP contribution in [0.4, 0.5) is 5.95 Å². The number of hydrogen-bond acceptors (Lipinski definition) is 14. The van der Waals surface area contributed by atoms with Crippen LogP contribution < -0.4 is 58.8 Å². The van der Waals surface area contributed by atoms with Crippen molar-refractivity contribution in [1.29, 1.82) is 0 Å². The van der Waals surface area contributed by atoms with Crippen molar-refractivity contribution in [3.8, 4) is 0 Å². The molecule has 3 rings (SSSR count). The third kappa shape index (κ3) is 8.10. The van der Waals surface area contributed by atoms with E-state index in [1.165, 1.54) is 10.9 Å². The summed E-state index contributed by atoms with van der Waals surface area (Å²) in [5.41, 5.74) is 4.84. The van der Waals surface area contributed by atoms with Crippen molar-refractivity contribution < 1.29 is 94.0 Å². The first-order chi connectivity index (χ1) is 14.2. The average molecular weight is 529 g/mol. The molecule has 23 heteroatoms. The largest absolute Gasteiger partial charge is 1.00 e. The number of fused-ring (bicyclic) bond motifs is 1. The Kier molecular flexibility index (Phi) is 10.4. The average Bonchev–Trinajstić information content (AvgIpc) is 3.13. The number of H-pyrrole nitrogens is 1. The predicted octanol–water partition coefficient (Wildman–Crippen LogP) is -8.56. The molecule has 3 heterocycles. The number of imidazole rings is 1. The van der Waals surface area contributed by atoms with E-state index in [0.717, 1.165) is 0 Å². The van der Waals surface area contributed by atoms with E-state index >= 15 is 0 Å². The molecule has 3 unspecified atom stereocenters. The van der Waals surface area contributed by atoms with Crippen molar-refractivity contribution in [2.75, 3.05) is 12.3 Å². The van der Waals surface area contributed by atoms with Gasteiger partial charge in [0.2, 0.25) is 5.95 Å². The SMILES string of the molecule is N[13c]1n[13c]2[13c](n[13cH]n2[13C@H]2[13CH2][13C@@H](O)[13C@@H]([13CH2]OP(=O)(O)OP(=O)([O-])OP(=O)([O-])O)O2)[13c](=O)[nH]1.[Li+].[Li+]. The number of nitrogens with two attached hydrogens (primary N) is 1. The van der Waals surface area contributed by atoms with Crippen molar-refractivity contribution in [2.24, 2.45) is 0 Å². The molecular formula is C10H14Li2N5O13P3. The molecule has 0 aliphatic carbocycles. The third-order valence-corrected chi connectivity index (χ3v) is 7.50. The molecule has 0 aromatic carbocycles. The first-order valence-corrected chi connectivity index (χ1v) is 12.4. The van der Waals surface area contributed by atoms with Crippen LogP contribution in [-0.4, -0.2) is 53.2 Å². The zero-order valence-electron chi connectivity index (χ0n) is 16.9. The maximum atomic E-state index is 11.8. The van der Waals surface area contributed by atoms with Gasteiger partial charge >= 0.3 is 45.5 Å². The Morgan fingerprint density at radius 1 is 1.27 bits per heavy atom. The van der Waals surface area contributed by atoms with Crippen LogP contribution in [0.15, 0.2) is 11.1 Å². The van der Waals surface area contributed by atoms with Crippen LogP contribution in [0.1, 0.15) is 12.6 Å². The Morgan fingerprint density at radius 3 is 2.52 bits per heavy atom. The molecule has 1 aliphatic rings. The maximum absolute atomic E-state index is 11.8. The minimum atomic E-state index is -5.98. The fourth-order valence-corrected chi connectivity index (χ4v) is 5.58. The third-order valence-electron chi connectivity index (χ3n) is 3.77. The molecule has 18 nitrogen and oxygen atoms in total. The molecule has 6 atom stereocenters. The molecular weight excluding hydrogens is 515 g/mol. The summed E-state index contributed by atoms with van der Waals surface area (Å²) in [6.45, 7) is -0.887. The van der Waals surface area contributed by atoms with E-state index in [1.54, 1.807) is 0 Å². The van der Waals surface area contributed by atoms with Crippen LogP contribution >= 0.6 is 23.5 Å². The van der Waals surface area contributed by atoms with Crippen molar-refractivity contribution in [2.45, 2.75) is 24.9 Å². The quantitative estimate of drug-likeness (QED) is 0.121. The van der Waals surface area contributed by atoms with Crippen LogP contribution in [0.25, 0.3) is 11.2 Å². The Labute approximate surface area is 207 Å². The fraction of sp³-hybridized carbons (Fsp3) is 0.500. The number of nitrogen functional groups attached to an aromatic ring is 1. The maximum Gasteiger partial charge on any atom is 1.00 e. The number of nitrogens with zero attached hydrogens (tertiary/aromatic N) is 3. The minimum absolute atomic E-state index is 0. The van der Waals surface area contributed by atoms with Gasteiger partial charge in [0.15, 0.2) is 11.2 Å². The summed E-state index contributed by atoms with van der Waals surface area (Å²) in [7, 11) is -17.3. The Balaban J connectivity index is 0.00000272. The molecule has 33 heavy (non-hydrogen) atoms. The first-order valence-electron chi connectivity index (χ1n) is 7.96. The standard InChI is InChI=1S/C10H16N5O13P3.2Li/c11-10-13-8-7(9(17)14-10)12-3-15(8)6-1-4(16)5(26-6)2-25-30(21,22)28-31(23,24)27-29(18,19)20;;/h3-6,16H,1-2H2,(H,21,22)(H,23,24)(H2,18,19,20)(H3,11,13,14,17);;/q;2*+1/p-2/t4-,5-,6-;;/m1../s1/i1+1,2+1,3+1,4+1,5+1,6+1,7+1,8+1,9+1,10+1;;. The molecule has 174 valence electrons. The summed E-state index contributed by atoms with van der Waals surface area (Å²) in [5, 5.41) is 10.1. The molecule has 0 bridgehead atoms. The molecule has 0 saturated carbocycles. The topological polar surface area (TPSA) is 285 Å². The first kappa shape index (κ1) is 30.7. The van der Waals surface area contributed by atoms with E-state index < -0.39 is 54.1 Å². The second-order valence-corrected chi connectivity index (χ2v) is 10.4. The second kappa shape index (κ2) is 11.2. The zero-order chi connectivity index (χ0) is 23.2. The van der Waals surface area contributed by atoms with Gasteiger partial charge in [-0.3, -0.25) is 28.0 Å². The van der Waals surface area contributed by atoms with E-state index in [-0.39, 0.29) is 61.3 Å². The second-order valence-electron chi connectivity index (χ2n) is 6.05. The summed E-state index contributed by atoms with van der Waals surface area (Å²) in [6, 6.07) is 0. The molecule has 0 spiro atoms. The van der Waals surface area contributed by atoms with E-state index in [0.29, 0.717) is 0 Å². The summed E-state index contributed by atoms with van der Waals surface area (Å²) >= 11 is 0. The predicted molar refractivity (Wildman–Crippen MR) is 92.5 cm³/mol. The molecule has 1 saturated heterocycles. The molecule has 2 aromatic heterocycles. The molecule has 6 N–H and O–H groups in total. The number of phosphoric acid groups is 3. The van der Waals surface area contributed by atoms with Crippen LogP contribution in [-0.2, 0) is 31.6 Å². The number of phosphoric ester groups is 1. The molecule has 2 aromatic rings. The van der Waals surface area contributed by atoms with E-state index in [4.69, 9.17) is 15.4 Å². The number of nitrogens with one attached hydrogen (secondary N) is 1. The summed E-state index contributed by atoms with van der Waals surface area (Å²) < 4.78 is 51.2. The van der Waals surface area contributed by atoms with Gasteiger partial charge in [-0.05, 0) is 0 Å². The summed E-state index contributed by atoms with van der Waals surface area (Å²) in [4.78, 5) is 61.2. The number of aliphatic hydroxyl groups excluding tert-OH is 1. The number of aromatic nitrogens is 4. The number of anilines is 1. The van der Waals surface area contributed by atoms with Gasteiger partial charge in [-0.1, -0.05) is 0 Å². The van der Waals surface area contributed by atoms with Gasteiger partial charge in [0, 0.05) is 6.42 Å². The van der Waals surface area contributed by atoms with Crippen LogP contribution in [0.5, 0.6) is 0 Å². The van der Waals surface area contributed by atoms with Crippen molar-refractivity contribution in [3.63, 3.8) is 0 Å². The molecule has 0 amide bonds. The smallest absolute Gasteiger partial charge is 0.756 e. The van der Waals surface area contributed by atoms with Crippen molar-refractivity contribution in [3.05, 3.63) is 16.7 Å². The van der Waals surface area contributed by atoms with Crippen LogP contribution in [0.3, 0.4) is 0 Å². The van der Waals surface area contributed by atoms with Gasteiger partial charge in [0.25, 0.3) is 21.2 Å². The van der Waals surface area contributed by atoms with E-state index in [2.05, 4.69) is 28.1 Å². The number of aliphatic hydroxyl groups is 1. The van der Waals surface area contributed by atoms with Crippen LogP contribution in [0, 0.1) is 0 Å². The molecule has 1 aliphatic heterocycles. The van der Waals surface area contributed by atoms with E-state index in [1.807, 2.05) is 0 Å². The van der Waals surface area contributed by atoms with Gasteiger partial charge in [-0.2, -0.15) is 4.98 Å². The monoisotopic (exact) mass is 529 g/mol. The zero-order valence-corrected chi connectivity index (χ0v) is 19.6. The van der Waals surface area contributed by atoms with Gasteiger partial charge in [-0.15, -0.1) is 0 Å². The normalized spacial score (nSPS) is 25.9. The summed E-state index contributed by atoms with van der Waals surface area (Å²) in [5.74, 6) is -0.203. The molecule has 0 radical (unpaired) electrons. The molecule has 1 fully saturated rings. The number of ether oxygens (including phenoxy) is 1. The Bertz CT molecular complexity index is 1190. The number of rotatable bonds is 8. The van der Waals surface area contributed by atoms with Gasteiger partial charge in [0.05, 0.1) is 19.0 Å². The number of aromatic amines is 1. The van der Waals surface area contributed by atoms with Gasteiger partial charge in [-0.25, -0.2) is 18.2 Å². The van der Waals surface area contributed by atoms with Gasteiger partial charge < -0.3 is 35.2 Å².